The second-order valence-electron chi connectivity index (χ2n) is 3.87. The first kappa shape index (κ1) is 11.8. The second-order valence-corrected chi connectivity index (χ2v) is 4.13. The van der Waals surface area contributed by atoms with E-state index in [0.29, 0.717) is 12.5 Å². The minimum atomic E-state index is 0.250. The maximum absolute atomic E-state index is 5.80. The van der Waals surface area contributed by atoms with Crippen molar-refractivity contribution in [2.45, 2.75) is 38.0 Å². The number of alkyl halides is 1. The van der Waals surface area contributed by atoms with Crippen LogP contribution in [-0.4, -0.2) is 34.8 Å². The molecule has 0 saturated carbocycles. The molecule has 90 valence electrons. The third kappa shape index (κ3) is 2.53. The molecule has 0 radical (unpaired) electrons. The Kier molecular flexibility index (Phi) is 4.15. The smallest absolute Gasteiger partial charge is 0.103 e. The highest BCUT2D eigenvalue weighted by atomic mass is 35.5. The normalized spacial score (nSPS) is 20.5. The fourth-order valence-electron chi connectivity index (χ4n) is 1.89. The summed E-state index contributed by atoms with van der Waals surface area (Å²) < 4.78 is 12.5. The summed E-state index contributed by atoms with van der Waals surface area (Å²) in [6, 6.07) is 0. The van der Waals surface area contributed by atoms with Gasteiger partial charge in [-0.05, 0) is 12.8 Å². The monoisotopic (exact) mass is 245 g/mol. The first-order valence-electron chi connectivity index (χ1n) is 5.43. The summed E-state index contributed by atoms with van der Waals surface area (Å²) >= 11 is 5.80. The van der Waals surface area contributed by atoms with E-state index in [0.717, 1.165) is 37.4 Å². The Morgan fingerprint density at radius 2 is 2.50 bits per heavy atom. The molecule has 16 heavy (non-hydrogen) atoms. The number of hydrogen-bond acceptors (Lipinski definition) is 4. The molecule has 0 N–H and O–H groups in total. The third-order valence-corrected chi connectivity index (χ3v) is 2.98. The zero-order valence-electron chi connectivity index (χ0n) is 9.36. The van der Waals surface area contributed by atoms with Crippen LogP contribution < -0.4 is 0 Å². The van der Waals surface area contributed by atoms with Gasteiger partial charge < -0.3 is 9.47 Å². The predicted octanol–water partition coefficient (Wildman–Crippen LogP) is 1.34. The molecule has 1 atom stereocenters. The Morgan fingerprint density at radius 3 is 3.12 bits per heavy atom. The molecule has 1 aromatic rings. The van der Waals surface area contributed by atoms with E-state index in [1.54, 1.807) is 7.11 Å². The quantitative estimate of drug-likeness (QED) is 0.735. The van der Waals surface area contributed by atoms with Crippen LogP contribution in [0.2, 0.25) is 0 Å². The minimum absolute atomic E-state index is 0.250. The average molecular weight is 246 g/mol. The van der Waals surface area contributed by atoms with Crippen LogP contribution in [0.4, 0.5) is 0 Å². The van der Waals surface area contributed by atoms with Crippen molar-refractivity contribution in [1.29, 1.82) is 0 Å². The number of aromatic nitrogens is 3. The molecule has 1 saturated heterocycles. The van der Waals surface area contributed by atoms with Gasteiger partial charge in [-0.25, -0.2) is 4.68 Å². The van der Waals surface area contributed by atoms with E-state index in [-0.39, 0.29) is 6.10 Å². The van der Waals surface area contributed by atoms with E-state index in [9.17, 15) is 0 Å². The molecule has 0 aromatic carbocycles. The molecular weight excluding hydrogens is 230 g/mol. The van der Waals surface area contributed by atoms with Crippen molar-refractivity contribution in [3.63, 3.8) is 0 Å². The molecule has 5 nitrogen and oxygen atoms in total. The lowest BCUT2D eigenvalue weighted by atomic mass is 10.2. The molecule has 2 heterocycles. The summed E-state index contributed by atoms with van der Waals surface area (Å²) in [5.74, 6) is 0.365. The van der Waals surface area contributed by atoms with Gasteiger partial charge >= 0.3 is 0 Å². The van der Waals surface area contributed by atoms with Crippen LogP contribution in [0, 0.1) is 0 Å². The summed E-state index contributed by atoms with van der Waals surface area (Å²) in [7, 11) is 1.65. The van der Waals surface area contributed by atoms with Crippen molar-refractivity contribution in [2.24, 2.45) is 0 Å². The molecule has 0 aliphatic carbocycles. The highest BCUT2D eigenvalue weighted by molar-refractivity contribution is 6.16. The van der Waals surface area contributed by atoms with E-state index in [2.05, 4.69) is 10.3 Å². The number of hydrogen-bond donors (Lipinski definition) is 0. The van der Waals surface area contributed by atoms with Crippen LogP contribution in [0.25, 0.3) is 0 Å². The zero-order valence-corrected chi connectivity index (χ0v) is 10.1. The summed E-state index contributed by atoms with van der Waals surface area (Å²) in [5, 5.41) is 8.13. The molecule has 0 bridgehead atoms. The van der Waals surface area contributed by atoms with E-state index in [1.165, 1.54) is 0 Å². The number of methoxy groups -OCH3 is 1. The van der Waals surface area contributed by atoms with Gasteiger partial charge in [0.05, 0.1) is 30.8 Å². The molecule has 1 aliphatic heterocycles. The Balaban J connectivity index is 2.09. The Hall–Kier alpha value is -0.650. The van der Waals surface area contributed by atoms with Crippen LogP contribution in [0.15, 0.2) is 0 Å². The van der Waals surface area contributed by atoms with Gasteiger partial charge in [-0.3, -0.25) is 0 Å². The van der Waals surface area contributed by atoms with E-state index in [1.807, 2.05) is 4.68 Å². The van der Waals surface area contributed by atoms with Gasteiger partial charge in [-0.1, -0.05) is 5.21 Å². The third-order valence-electron chi connectivity index (χ3n) is 2.73. The summed E-state index contributed by atoms with van der Waals surface area (Å²) in [5.41, 5.74) is 1.74. The summed E-state index contributed by atoms with van der Waals surface area (Å²) in [6.45, 7) is 2.08. The van der Waals surface area contributed by atoms with Crippen molar-refractivity contribution < 1.29 is 9.47 Å². The Labute approximate surface area is 99.7 Å². The molecule has 2 rings (SSSR count). The summed E-state index contributed by atoms with van der Waals surface area (Å²) in [6.07, 6.45) is 2.46. The van der Waals surface area contributed by atoms with E-state index >= 15 is 0 Å². The highest BCUT2D eigenvalue weighted by Crippen LogP contribution is 2.16. The number of halogens is 1. The van der Waals surface area contributed by atoms with E-state index in [4.69, 9.17) is 21.1 Å². The lowest BCUT2D eigenvalue weighted by molar-refractivity contribution is 0.0899. The van der Waals surface area contributed by atoms with Gasteiger partial charge in [0.1, 0.15) is 5.69 Å². The number of nitrogens with zero attached hydrogens (tertiary/aromatic N) is 3. The van der Waals surface area contributed by atoms with Crippen LogP contribution in [-0.2, 0) is 28.5 Å². The zero-order chi connectivity index (χ0) is 11.4. The first-order valence-corrected chi connectivity index (χ1v) is 5.96. The van der Waals surface area contributed by atoms with Crippen LogP contribution in [0.1, 0.15) is 24.2 Å². The lowest BCUT2D eigenvalue weighted by Gasteiger charge is -2.11. The van der Waals surface area contributed by atoms with Gasteiger partial charge in [-0.2, -0.15) is 0 Å². The molecule has 0 spiro atoms. The largest absolute Gasteiger partial charge is 0.378 e. The second kappa shape index (κ2) is 5.61. The van der Waals surface area contributed by atoms with Crippen molar-refractivity contribution in [3.05, 3.63) is 11.4 Å². The van der Waals surface area contributed by atoms with Crippen LogP contribution >= 0.6 is 11.6 Å². The molecule has 1 unspecified atom stereocenters. The van der Waals surface area contributed by atoms with Crippen molar-refractivity contribution >= 4 is 11.6 Å². The van der Waals surface area contributed by atoms with Crippen molar-refractivity contribution in [3.8, 4) is 0 Å². The fraction of sp³-hybridized carbons (Fsp3) is 0.800. The Morgan fingerprint density at radius 1 is 1.62 bits per heavy atom. The van der Waals surface area contributed by atoms with Gasteiger partial charge in [0.2, 0.25) is 0 Å². The summed E-state index contributed by atoms with van der Waals surface area (Å²) in [4.78, 5) is 0. The van der Waals surface area contributed by atoms with Gasteiger partial charge in [0.15, 0.2) is 0 Å². The minimum Gasteiger partial charge on any atom is -0.378 e. The molecular formula is C10H16ClN3O2. The molecule has 6 heteroatoms. The number of rotatable bonds is 5. The standard InChI is InChI=1S/C10H16ClN3O2/c1-15-7-10-9(5-11)12-13-14(10)6-8-3-2-4-16-8/h8H,2-7H2,1H3. The topological polar surface area (TPSA) is 49.2 Å². The van der Waals surface area contributed by atoms with Gasteiger partial charge in [0, 0.05) is 13.7 Å². The predicted molar refractivity (Wildman–Crippen MR) is 59.3 cm³/mol. The SMILES string of the molecule is COCc1c(CCl)nnn1CC1CCCO1. The average Bonchev–Trinajstić information content (AvgIpc) is 2.91. The molecule has 0 amide bonds. The van der Waals surface area contributed by atoms with Crippen LogP contribution in [0.5, 0.6) is 0 Å². The van der Waals surface area contributed by atoms with Crippen molar-refractivity contribution in [2.75, 3.05) is 13.7 Å². The maximum atomic E-state index is 5.80. The highest BCUT2D eigenvalue weighted by Gasteiger charge is 2.19. The van der Waals surface area contributed by atoms with Gasteiger partial charge in [0.25, 0.3) is 0 Å². The van der Waals surface area contributed by atoms with Crippen molar-refractivity contribution in [1.82, 2.24) is 15.0 Å². The van der Waals surface area contributed by atoms with Crippen LogP contribution in [0.3, 0.4) is 0 Å². The Bertz CT molecular complexity index is 337. The molecule has 1 aliphatic rings. The fourth-order valence-corrected chi connectivity index (χ4v) is 2.10. The number of ether oxygens (including phenoxy) is 2. The molecule has 1 fully saturated rings. The molecule has 1 aromatic heterocycles. The maximum Gasteiger partial charge on any atom is 0.103 e. The lowest BCUT2D eigenvalue weighted by Crippen LogP contribution is -2.18. The first-order chi connectivity index (χ1) is 7.85. The van der Waals surface area contributed by atoms with Gasteiger partial charge in [-0.15, -0.1) is 16.7 Å². The van der Waals surface area contributed by atoms with E-state index < -0.39 is 0 Å².